The second-order valence-corrected chi connectivity index (χ2v) is 5.02. The maximum atomic E-state index is 11.8. The number of anilines is 1. The minimum atomic E-state index is -0.538. The molecular formula is C13H16N4OS. The Hall–Kier alpha value is -1.79. The van der Waals surface area contributed by atoms with Gasteiger partial charge in [0.1, 0.15) is 5.82 Å². The molecule has 0 saturated heterocycles. The molecule has 1 aromatic heterocycles. The van der Waals surface area contributed by atoms with Crippen LogP contribution in [0, 0.1) is 6.92 Å². The number of rotatable bonds is 5. The molecule has 5 nitrogen and oxygen atoms in total. The maximum Gasteiger partial charge on any atom is 0.243 e. The average Bonchev–Trinajstić information content (AvgIpc) is 2.82. The first-order valence-corrected chi connectivity index (χ1v) is 6.83. The highest BCUT2D eigenvalue weighted by atomic mass is 32.1. The van der Waals surface area contributed by atoms with Crippen LogP contribution < -0.4 is 11.1 Å². The summed E-state index contributed by atoms with van der Waals surface area (Å²) in [7, 11) is 0. The largest absolute Gasteiger partial charge is 0.320 e. The van der Waals surface area contributed by atoms with Gasteiger partial charge in [0.25, 0.3) is 0 Å². The molecule has 1 aromatic carbocycles. The molecule has 1 heterocycles. The van der Waals surface area contributed by atoms with Gasteiger partial charge >= 0.3 is 0 Å². The van der Waals surface area contributed by atoms with Gasteiger partial charge in [-0.1, -0.05) is 30.3 Å². The minimum Gasteiger partial charge on any atom is -0.320 e. The van der Waals surface area contributed by atoms with Crippen LogP contribution in [0.1, 0.15) is 17.8 Å². The van der Waals surface area contributed by atoms with Gasteiger partial charge in [-0.05, 0) is 25.3 Å². The fraction of sp³-hybridized carbons (Fsp3) is 0.308. The Bertz CT molecular complexity index is 541. The molecule has 0 radical (unpaired) electrons. The molecule has 0 aliphatic carbocycles. The first kappa shape index (κ1) is 13.6. The van der Waals surface area contributed by atoms with E-state index in [2.05, 4.69) is 14.7 Å². The number of amides is 1. The van der Waals surface area contributed by atoms with Crippen LogP contribution in [0.3, 0.4) is 0 Å². The molecule has 6 heteroatoms. The standard InChI is InChI=1S/C13H16N4OS/c1-9-15-13(19-17-9)16-12(18)11(14)8-7-10-5-3-2-4-6-10/h2-6,11H,7-8,14H2,1H3,(H,15,16,17,18). The maximum absolute atomic E-state index is 11.8. The molecule has 2 rings (SSSR count). The van der Waals surface area contributed by atoms with E-state index in [1.165, 1.54) is 5.56 Å². The van der Waals surface area contributed by atoms with E-state index < -0.39 is 6.04 Å². The van der Waals surface area contributed by atoms with Crippen LogP contribution in [0.2, 0.25) is 0 Å². The lowest BCUT2D eigenvalue weighted by Gasteiger charge is -2.10. The summed E-state index contributed by atoms with van der Waals surface area (Å²) in [5, 5.41) is 3.18. The monoisotopic (exact) mass is 276 g/mol. The number of carbonyl (C=O) groups excluding carboxylic acids is 1. The molecule has 2 aromatic rings. The zero-order valence-corrected chi connectivity index (χ0v) is 11.5. The molecule has 0 aliphatic rings. The molecule has 0 aliphatic heterocycles. The lowest BCUT2D eigenvalue weighted by Crippen LogP contribution is -2.36. The van der Waals surface area contributed by atoms with Crippen molar-refractivity contribution in [3.63, 3.8) is 0 Å². The van der Waals surface area contributed by atoms with E-state index in [1.54, 1.807) is 6.92 Å². The van der Waals surface area contributed by atoms with Gasteiger partial charge in [0.05, 0.1) is 6.04 Å². The van der Waals surface area contributed by atoms with Crippen molar-refractivity contribution in [1.82, 2.24) is 9.36 Å². The van der Waals surface area contributed by atoms with Crippen molar-refractivity contribution in [3.8, 4) is 0 Å². The van der Waals surface area contributed by atoms with Crippen molar-refractivity contribution in [3.05, 3.63) is 41.7 Å². The number of carbonyl (C=O) groups is 1. The Morgan fingerprint density at radius 3 is 2.79 bits per heavy atom. The van der Waals surface area contributed by atoms with Gasteiger partial charge in [-0.3, -0.25) is 10.1 Å². The Kier molecular flexibility index (Phi) is 4.59. The van der Waals surface area contributed by atoms with E-state index >= 15 is 0 Å². The summed E-state index contributed by atoms with van der Waals surface area (Å²) in [5.41, 5.74) is 7.04. The van der Waals surface area contributed by atoms with Gasteiger partial charge < -0.3 is 5.73 Å². The van der Waals surface area contributed by atoms with Crippen molar-refractivity contribution < 1.29 is 4.79 Å². The Morgan fingerprint density at radius 1 is 1.42 bits per heavy atom. The van der Waals surface area contributed by atoms with Gasteiger partial charge in [-0.15, -0.1) is 0 Å². The molecule has 0 saturated carbocycles. The van der Waals surface area contributed by atoms with E-state index in [9.17, 15) is 4.79 Å². The van der Waals surface area contributed by atoms with Gasteiger partial charge in [0.2, 0.25) is 11.0 Å². The molecule has 0 bridgehead atoms. The highest BCUT2D eigenvalue weighted by Crippen LogP contribution is 2.11. The normalized spacial score (nSPS) is 12.1. The van der Waals surface area contributed by atoms with Crippen LogP contribution in [0.25, 0.3) is 0 Å². The van der Waals surface area contributed by atoms with Crippen molar-refractivity contribution in [2.45, 2.75) is 25.8 Å². The summed E-state index contributed by atoms with van der Waals surface area (Å²) >= 11 is 1.16. The number of benzene rings is 1. The first-order chi connectivity index (χ1) is 9.15. The molecule has 1 amide bonds. The Balaban J connectivity index is 1.82. The molecule has 0 fully saturated rings. The number of hydrogen-bond acceptors (Lipinski definition) is 5. The number of hydrogen-bond donors (Lipinski definition) is 2. The van der Waals surface area contributed by atoms with Crippen LogP contribution >= 0.6 is 11.5 Å². The van der Waals surface area contributed by atoms with E-state index in [4.69, 9.17) is 5.73 Å². The van der Waals surface area contributed by atoms with Crippen LogP contribution in [0.4, 0.5) is 5.13 Å². The fourth-order valence-corrected chi connectivity index (χ4v) is 2.22. The third-order valence-electron chi connectivity index (χ3n) is 2.68. The smallest absolute Gasteiger partial charge is 0.243 e. The van der Waals surface area contributed by atoms with Gasteiger partial charge in [-0.25, -0.2) is 4.98 Å². The molecule has 1 unspecified atom stereocenters. The molecule has 3 N–H and O–H groups in total. The molecule has 100 valence electrons. The zero-order valence-electron chi connectivity index (χ0n) is 10.7. The third-order valence-corrected chi connectivity index (χ3v) is 3.40. The third kappa shape index (κ3) is 4.11. The van der Waals surface area contributed by atoms with Gasteiger partial charge in [0, 0.05) is 11.5 Å². The molecule has 19 heavy (non-hydrogen) atoms. The van der Waals surface area contributed by atoms with Crippen LogP contribution in [-0.4, -0.2) is 21.3 Å². The Labute approximate surface area is 116 Å². The number of aromatic nitrogens is 2. The number of aryl methyl sites for hydroxylation is 2. The second kappa shape index (κ2) is 6.40. The lowest BCUT2D eigenvalue weighted by molar-refractivity contribution is -0.117. The Morgan fingerprint density at radius 2 is 2.16 bits per heavy atom. The fourth-order valence-electron chi connectivity index (χ4n) is 1.64. The summed E-state index contributed by atoms with van der Waals surface area (Å²) in [4.78, 5) is 15.9. The van der Waals surface area contributed by atoms with E-state index in [1.807, 2.05) is 30.3 Å². The summed E-state index contributed by atoms with van der Waals surface area (Å²) in [6.07, 6.45) is 1.39. The number of nitrogens with two attached hydrogens (primary N) is 1. The highest BCUT2D eigenvalue weighted by Gasteiger charge is 2.15. The van der Waals surface area contributed by atoms with Crippen LogP contribution in [0.5, 0.6) is 0 Å². The number of nitrogens with one attached hydrogen (secondary N) is 1. The molecular weight excluding hydrogens is 260 g/mol. The van der Waals surface area contributed by atoms with Gasteiger partial charge in [0.15, 0.2) is 0 Å². The topological polar surface area (TPSA) is 80.9 Å². The quantitative estimate of drug-likeness (QED) is 0.871. The van der Waals surface area contributed by atoms with E-state index in [0.717, 1.165) is 18.0 Å². The second-order valence-electron chi connectivity index (χ2n) is 4.27. The van der Waals surface area contributed by atoms with Crippen LogP contribution in [0.15, 0.2) is 30.3 Å². The van der Waals surface area contributed by atoms with E-state index in [0.29, 0.717) is 17.4 Å². The van der Waals surface area contributed by atoms with Crippen molar-refractivity contribution in [2.75, 3.05) is 5.32 Å². The molecule has 0 spiro atoms. The number of nitrogens with zero attached hydrogens (tertiary/aromatic N) is 2. The molecule has 1 atom stereocenters. The summed E-state index contributed by atoms with van der Waals surface area (Å²) in [5.74, 6) is 0.435. The zero-order chi connectivity index (χ0) is 13.7. The predicted molar refractivity (Wildman–Crippen MR) is 76.0 cm³/mol. The van der Waals surface area contributed by atoms with Crippen molar-refractivity contribution in [2.24, 2.45) is 5.73 Å². The average molecular weight is 276 g/mol. The first-order valence-electron chi connectivity index (χ1n) is 6.06. The van der Waals surface area contributed by atoms with Gasteiger partial charge in [-0.2, -0.15) is 4.37 Å². The lowest BCUT2D eigenvalue weighted by atomic mass is 10.1. The SMILES string of the molecule is Cc1nsc(NC(=O)C(N)CCc2ccccc2)n1. The van der Waals surface area contributed by atoms with Crippen molar-refractivity contribution >= 4 is 22.6 Å². The predicted octanol–water partition coefficient (Wildman–Crippen LogP) is 1.75. The van der Waals surface area contributed by atoms with Crippen LogP contribution in [-0.2, 0) is 11.2 Å². The highest BCUT2D eigenvalue weighted by molar-refractivity contribution is 7.09. The summed E-state index contributed by atoms with van der Waals surface area (Å²) in [6.45, 7) is 1.78. The summed E-state index contributed by atoms with van der Waals surface area (Å²) in [6, 6.07) is 9.44. The van der Waals surface area contributed by atoms with E-state index in [-0.39, 0.29) is 5.91 Å². The minimum absolute atomic E-state index is 0.216. The van der Waals surface area contributed by atoms with Crippen molar-refractivity contribution in [1.29, 1.82) is 0 Å². The summed E-state index contributed by atoms with van der Waals surface area (Å²) < 4.78 is 4.00.